The molecule has 0 atom stereocenters. The molecule has 2 aliphatic rings. The predicted octanol–water partition coefficient (Wildman–Crippen LogP) is 2.76. The van der Waals surface area contributed by atoms with E-state index >= 15 is 0 Å². The number of rotatable bonds is 4. The number of morpholine rings is 1. The molecule has 134 valence electrons. The lowest BCUT2D eigenvalue weighted by Crippen LogP contribution is -2.55. The SMILES string of the molecule is O=C(N1CCOCC1)N1CC(c2cc(CCc3ccc(Cl)s3)[nH]n2)C1. The van der Waals surface area contributed by atoms with Crippen LogP contribution in [0, 0.1) is 0 Å². The van der Waals surface area contributed by atoms with Crippen LogP contribution < -0.4 is 0 Å². The Morgan fingerprint density at radius 2 is 2.08 bits per heavy atom. The van der Waals surface area contributed by atoms with Crippen LogP contribution in [0.3, 0.4) is 0 Å². The van der Waals surface area contributed by atoms with Crippen LogP contribution in [-0.4, -0.2) is 65.4 Å². The minimum Gasteiger partial charge on any atom is -0.378 e. The fraction of sp³-hybridized carbons (Fsp3) is 0.529. The van der Waals surface area contributed by atoms with Gasteiger partial charge in [-0.15, -0.1) is 11.3 Å². The number of hydrogen-bond donors (Lipinski definition) is 1. The van der Waals surface area contributed by atoms with E-state index < -0.39 is 0 Å². The molecule has 2 aromatic heterocycles. The third kappa shape index (κ3) is 3.83. The van der Waals surface area contributed by atoms with Gasteiger partial charge < -0.3 is 14.5 Å². The molecule has 0 radical (unpaired) electrons. The maximum absolute atomic E-state index is 12.4. The number of ether oxygens (including phenoxy) is 1. The number of aromatic amines is 1. The average molecular weight is 381 g/mol. The van der Waals surface area contributed by atoms with E-state index in [1.54, 1.807) is 11.3 Å². The second kappa shape index (κ2) is 7.35. The first-order valence-electron chi connectivity index (χ1n) is 8.59. The van der Waals surface area contributed by atoms with E-state index in [2.05, 4.69) is 22.3 Å². The lowest BCUT2D eigenvalue weighted by Gasteiger charge is -2.42. The number of thiophene rings is 1. The van der Waals surface area contributed by atoms with Gasteiger partial charge in [0.2, 0.25) is 0 Å². The van der Waals surface area contributed by atoms with E-state index in [0.717, 1.165) is 41.7 Å². The number of amides is 2. The van der Waals surface area contributed by atoms with Crippen LogP contribution >= 0.6 is 22.9 Å². The molecule has 8 heteroatoms. The molecule has 2 aromatic rings. The first-order chi connectivity index (χ1) is 12.2. The number of aromatic nitrogens is 2. The van der Waals surface area contributed by atoms with Gasteiger partial charge >= 0.3 is 6.03 Å². The zero-order chi connectivity index (χ0) is 17.2. The Balaban J connectivity index is 1.26. The molecule has 1 N–H and O–H groups in total. The first-order valence-corrected chi connectivity index (χ1v) is 9.78. The van der Waals surface area contributed by atoms with Crippen LogP contribution in [0.5, 0.6) is 0 Å². The maximum Gasteiger partial charge on any atom is 0.320 e. The van der Waals surface area contributed by atoms with Gasteiger partial charge in [-0.05, 0) is 31.0 Å². The quantitative estimate of drug-likeness (QED) is 0.887. The molecule has 2 saturated heterocycles. The molecule has 0 saturated carbocycles. The molecule has 6 nitrogen and oxygen atoms in total. The molecule has 4 rings (SSSR count). The van der Waals surface area contributed by atoms with Gasteiger partial charge in [-0.3, -0.25) is 5.10 Å². The van der Waals surface area contributed by atoms with E-state index in [1.165, 1.54) is 4.88 Å². The Morgan fingerprint density at radius 3 is 2.80 bits per heavy atom. The number of likely N-dealkylation sites (tertiary alicyclic amines) is 1. The summed E-state index contributed by atoms with van der Waals surface area (Å²) in [6, 6.07) is 6.28. The number of carbonyl (C=O) groups is 1. The number of halogens is 1. The number of carbonyl (C=O) groups excluding carboxylic acids is 1. The van der Waals surface area contributed by atoms with Crippen LogP contribution in [0.4, 0.5) is 4.79 Å². The summed E-state index contributed by atoms with van der Waals surface area (Å²) in [5.74, 6) is 0.339. The molecule has 2 amide bonds. The zero-order valence-electron chi connectivity index (χ0n) is 13.9. The van der Waals surface area contributed by atoms with E-state index in [-0.39, 0.29) is 6.03 Å². The van der Waals surface area contributed by atoms with Crippen molar-refractivity contribution in [3.05, 3.63) is 38.8 Å². The lowest BCUT2D eigenvalue weighted by atomic mass is 9.96. The Kier molecular flexibility index (Phi) is 4.96. The summed E-state index contributed by atoms with van der Waals surface area (Å²) in [4.78, 5) is 17.4. The van der Waals surface area contributed by atoms with Crippen molar-refractivity contribution < 1.29 is 9.53 Å². The van der Waals surface area contributed by atoms with Crippen molar-refractivity contribution in [2.45, 2.75) is 18.8 Å². The van der Waals surface area contributed by atoms with Crippen molar-refractivity contribution >= 4 is 29.0 Å². The number of H-pyrrole nitrogens is 1. The van der Waals surface area contributed by atoms with E-state index in [0.29, 0.717) is 32.2 Å². The summed E-state index contributed by atoms with van der Waals surface area (Å²) in [5, 5.41) is 7.57. The topological polar surface area (TPSA) is 61.5 Å². The smallest absolute Gasteiger partial charge is 0.320 e. The molecule has 2 fully saturated rings. The highest BCUT2D eigenvalue weighted by Gasteiger charge is 2.35. The zero-order valence-corrected chi connectivity index (χ0v) is 15.5. The van der Waals surface area contributed by atoms with Crippen molar-refractivity contribution in [1.29, 1.82) is 0 Å². The van der Waals surface area contributed by atoms with Crippen molar-refractivity contribution in [3.8, 4) is 0 Å². The van der Waals surface area contributed by atoms with Crippen LogP contribution in [0.2, 0.25) is 4.34 Å². The number of aryl methyl sites for hydroxylation is 2. The summed E-state index contributed by atoms with van der Waals surface area (Å²) < 4.78 is 6.13. The molecule has 0 bridgehead atoms. The van der Waals surface area contributed by atoms with Gasteiger partial charge in [0.05, 0.1) is 23.2 Å². The van der Waals surface area contributed by atoms with Crippen LogP contribution in [0.1, 0.15) is 22.2 Å². The summed E-state index contributed by atoms with van der Waals surface area (Å²) in [5.41, 5.74) is 2.20. The third-order valence-corrected chi connectivity index (χ3v) is 6.06. The van der Waals surface area contributed by atoms with Crippen molar-refractivity contribution in [3.63, 3.8) is 0 Å². The molecule has 0 aromatic carbocycles. The molecule has 0 spiro atoms. The lowest BCUT2D eigenvalue weighted by molar-refractivity contribution is 0.0346. The predicted molar refractivity (Wildman–Crippen MR) is 97.4 cm³/mol. The summed E-state index contributed by atoms with van der Waals surface area (Å²) in [6.07, 6.45) is 1.89. The minimum absolute atomic E-state index is 0.130. The normalized spacial score (nSPS) is 18.4. The standard InChI is InChI=1S/C17H21ClN4O2S/c18-16-4-3-14(25-16)2-1-13-9-15(20-19-13)12-10-22(11-12)17(23)21-5-7-24-8-6-21/h3-4,9,12H,1-2,5-8,10-11H2,(H,19,20). The number of nitrogens with one attached hydrogen (secondary N) is 1. The molecular formula is C17H21ClN4O2S. The second-order valence-electron chi connectivity index (χ2n) is 6.51. The van der Waals surface area contributed by atoms with Crippen LogP contribution in [-0.2, 0) is 17.6 Å². The highest BCUT2D eigenvalue weighted by atomic mass is 35.5. The minimum atomic E-state index is 0.130. The fourth-order valence-electron chi connectivity index (χ4n) is 3.24. The monoisotopic (exact) mass is 380 g/mol. The number of urea groups is 1. The fourth-order valence-corrected chi connectivity index (χ4v) is 4.32. The molecule has 0 aliphatic carbocycles. The summed E-state index contributed by atoms with van der Waals surface area (Å²) >= 11 is 7.59. The highest BCUT2D eigenvalue weighted by Crippen LogP contribution is 2.28. The van der Waals surface area contributed by atoms with E-state index in [4.69, 9.17) is 16.3 Å². The van der Waals surface area contributed by atoms with Gasteiger partial charge in [-0.25, -0.2) is 4.79 Å². The van der Waals surface area contributed by atoms with Gasteiger partial charge in [0.25, 0.3) is 0 Å². The van der Waals surface area contributed by atoms with Gasteiger partial charge in [0.1, 0.15) is 0 Å². The molecular weight excluding hydrogens is 360 g/mol. The Bertz CT molecular complexity index is 735. The van der Waals surface area contributed by atoms with Gasteiger partial charge in [0.15, 0.2) is 0 Å². The van der Waals surface area contributed by atoms with Crippen molar-refractivity contribution in [2.75, 3.05) is 39.4 Å². The molecule has 2 aliphatic heterocycles. The van der Waals surface area contributed by atoms with E-state index in [9.17, 15) is 4.79 Å². The highest BCUT2D eigenvalue weighted by molar-refractivity contribution is 7.16. The third-order valence-electron chi connectivity index (χ3n) is 4.77. The van der Waals surface area contributed by atoms with Crippen molar-refractivity contribution in [1.82, 2.24) is 20.0 Å². The Morgan fingerprint density at radius 1 is 1.28 bits per heavy atom. The Labute approximate surface area is 155 Å². The van der Waals surface area contributed by atoms with Gasteiger partial charge in [0, 0.05) is 42.7 Å². The Hall–Kier alpha value is -1.57. The number of nitrogens with zero attached hydrogens (tertiary/aromatic N) is 3. The molecule has 25 heavy (non-hydrogen) atoms. The van der Waals surface area contributed by atoms with Gasteiger partial charge in [-0.1, -0.05) is 11.6 Å². The number of hydrogen-bond acceptors (Lipinski definition) is 4. The summed E-state index contributed by atoms with van der Waals surface area (Å²) in [6.45, 7) is 4.17. The van der Waals surface area contributed by atoms with Crippen LogP contribution in [0.15, 0.2) is 18.2 Å². The van der Waals surface area contributed by atoms with Crippen LogP contribution in [0.25, 0.3) is 0 Å². The average Bonchev–Trinajstić information content (AvgIpc) is 3.21. The summed E-state index contributed by atoms with van der Waals surface area (Å²) in [7, 11) is 0. The van der Waals surface area contributed by atoms with Crippen molar-refractivity contribution in [2.24, 2.45) is 0 Å². The second-order valence-corrected chi connectivity index (χ2v) is 8.31. The van der Waals surface area contributed by atoms with E-state index in [1.807, 2.05) is 15.9 Å². The molecule has 4 heterocycles. The van der Waals surface area contributed by atoms with Gasteiger partial charge in [-0.2, -0.15) is 5.10 Å². The largest absolute Gasteiger partial charge is 0.378 e. The maximum atomic E-state index is 12.4. The first kappa shape index (κ1) is 16.9. The molecule has 0 unspecified atom stereocenters.